The van der Waals surface area contributed by atoms with Gasteiger partial charge in [-0.05, 0) is 6.07 Å². The van der Waals surface area contributed by atoms with Gasteiger partial charge < -0.3 is 20.7 Å². The zero-order valence-electron chi connectivity index (χ0n) is 7.70. The van der Waals surface area contributed by atoms with Gasteiger partial charge in [-0.1, -0.05) is 0 Å². The van der Waals surface area contributed by atoms with E-state index in [1.165, 1.54) is 13.2 Å². The molecule has 0 saturated heterocycles. The number of hydrogen-bond donors (Lipinski definition) is 3. The van der Waals surface area contributed by atoms with Crippen molar-refractivity contribution in [1.82, 2.24) is 0 Å². The standard InChI is InChI=1S/C9H12FNO3/c1-14-5-2-6(8(13)4-11)9(10)7(12)3-5/h2-3,8,12-13H,4,11H2,1H3. The SMILES string of the molecule is COc1cc(O)c(F)c(C(O)CN)c1. The molecule has 0 fully saturated rings. The number of aromatic hydroxyl groups is 1. The Morgan fingerprint density at radius 2 is 2.21 bits per heavy atom. The Kier molecular flexibility index (Phi) is 3.27. The lowest BCUT2D eigenvalue weighted by atomic mass is 10.1. The fourth-order valence-electron chi connectivity index (χ4n) is 1.09. The molecule has 0 saturated carbocycles. The molecule has 78 valence electrons. The van der Waals surface area contributed by atoms with E-state index >= 15 is 0 Å². The van der Waals surface area contributed by atoms with Crippen LogP contribution in [0, 0.1) is 5.82 Å². The Morgan fingerprint density at radius 3 is 2.71 bits per heavy atom. The highest BCUT2D eigenvalue weighted by Gasteiger charge is 2.16. The smallest absolute Gasteiger partial charge is 0.170 e. The van der Waals surface area contributed by atoms with E-state index in [-0.39, 0.29) is 17.9 Å². The maximum Gasteiger partial charge on any atom is 0.170 e. The molecule has 1 aromatic rings. The monoisotopic (exact) mass is 201 g/mol. The minimum atomic E-state index is -1.14. The van der Waals surface area contributed by atoms with Crippen molar-refractivity contribution in [3.63, 3.8) is 0 Å². The van der Waals surface area contributed by atoms with E-state index in [0.717, 1.165) is 6.07 Å². The number of phenolic OH excluding ortho intramolecular Hbond substituents is 1. The van der Waals surface area contributed by atoms with E-state index in [1.807, 2.05) is 0 Å². The third-order valence-corrected chi connectivity index (χ3v) is 1.87. The van der Waals surface area contributed by atoms with E-state index in [2.05, 4.69) is 0 Å². The van der Waals surface area contributed by atoms with Gasteiger partial charge in [0.15, 0.2) is 11.6 Å². The first-order valence-electron chi connectivity index (χ1n) is 4.04. The lowest BCUT2D eigenvalue weighted by Gasteiger charge is -2.11. The number of ether oxygens (including phenoxy) is 1. The molecular formula is C9H12FNO3. The molecule has 4 N–H and O–H groups in total. The summed E-state index contributed by atoms with van der Waals surface area (Å²) in [7, 11) is 1.38. The van der Waals surface area contributed by atoms with Crippen molar-refractivity contribution in [3.8, 4) is 11.5 Å². The molecule has 0 radical (unpaired) electrons. The number of methoxy groups -OCH3 is 1. The Hall–Kier alpha value is -1.33. The van der Waals surface area contributed by atoms with Crippen LogP contribution < -0.4 is 10.5 Å². The van der Waals surface area contributed by atoms with Crippen LogP contribution in [0.4, 0.5) is 4.39 Å². The van der Waals surface area contributed by atoms with Crippen LogP contribution in [-0.2, 0) is 0 Å². The zero-order valence-corrected chi connectivity index (χ0v) is 7.70. The molecule has 0 amide bonds. The fourth-order valence-corrected chi connectivity index (χ4v) is 1.09. The average Bonchev–Trinajstić information content (AvgIpc) is 2.20. The summed E-state index contributed by atoms with van der Waals surface area (Å²) in [5, 5.41) is 18.5. The van der Waals surface area contributed by atoms with Crippen molar-refractivity contribution in [3.05, 3.63) is 23.5 Å². The zero-order chi connectivity index (χ0) is 10.7. The van der Waals surface area contributed by atoms with Crippen molar-refractivity contribution >= 4 is 0 Å². The molecule has 0 aliphatic carbocycles. The Bertz CT molecular complexity index is 330. The number of phenols is 1. The van der Waals surface area contributed by atoms with Gasteiger partial charge in [0, 0.05) is 18.2 Å². The minimum absolute atomic E-state index is 0.0654. The van der Waals surface area contributed by atoms with Gasteiger partial charge in [0.05, 0.1) is 13.2 Å². The quantitative estimate of drug-likeness (QED) is 0.666. The molecule has 14 heavy (non-hydrogen) atoms. The largest absolute Gasteiger partial charge is 0.505 e. The number of halogens is 1. The third kappa shape index (κ3) is 1.94. The van der Waals surface area contributed by atoms with E-state index in [9.17, 15) is 9.50 Å². The number of nitrogens with two attached hydrogens (primary N) is 1. The highest BCUT2D eigenvalue weighted by molar-refractivity contribution is 5.40. The number of aliphatic hydroxyl groups is 1. The summed E-state index contributed by atoms with van der Waals surface area (Å²) in [5.41, 5.74) is 5.11. The third-order valence-electron chi connectivity index (χ3n) is 1.87. The van der Waals surface area contributed by atoms with E-state index in [4.69, 9.17) is 15.6 Å². The predicted octanol–water partition coefficient (Wildman–Crippen LogP) is 0.532. The van der Waals surface area contributed by atoms with Gasteiger partial charge in [-0.15, -0.1) is 0 Å². The molecule has 0 bridgehead atoms. The second kappa shape index (κ2) is 4.26. The molecule has 1 atom stereocenters. The second-order valence-electron chi connectivity index (χ2n) is 2.80. The van der Waals surface area contributed by atoms with E-state index < -0.39 is 17.7 Å². The molecular weight excluding hydrogens is 189 g/mol. The van der Waals surface area contributed by atoms with Crippen LogP contribution in [0.15, 0.2) is 12.1 Å². The predicted molar refractivity (Wildman–Crippen MR) is 48.6 cm³/mol. The van der Waals surface area contributed by atoms with Crippen LogP contribution in [0.1, 0.15) is 11.7 Å². The molecule has 0 aliphatic rings. The topological polar surface area (TPSA) is 75.7 Å². The van der Waals surface area contributed by atoms with Crippen LogP contribution in [-0.4, -0.2) is 23.9 Å². The molecule has 0 spiro atoms. The summed E-state index contributed by atoms with van der Waals surface area (Å²) in [6.45, 7) is -0.122. The maximum atomic E-state index is 13.2. The molecule has 0 aromatic heterocycles. The van der Waals surface area contributed by atoms with E-state index in [0.29, 0.717) is 0 Å². The molecule has 4 nitrogen and oxygen atoms in total. The fraction of sp³-hybridized carbons (Fsp3) is 0.333. The minimum Gasteiger partial charge on any atom is -0.505 e. The lowest BCUT2D eigenvalue weighted by Crippen LogP contribution is -2.13. The molecule has 0 aliphatic heterocycles. The number of rotatable bonds is 3. The maximum absolute atomic E-state index is 13.2. The Morgan fingerprint density at radius 1 is 1.57 bits per heavy atom. The van der Waals surface area contributed by atoms with Gasteiger partial charge in [-0.2, -0.15) is 0 Å². The van der Waals surface area contributed by atoms with Crippen molar-refractivity contribution in [1.29, 1.82) is 0 Å². The van der Waals surface area contributed by atoms with Gasteiger partial charge in [0.2, 0.25) is 0 Å². The first-order valence-corrected chi connectivity index (χ1v) is 4.04. The number of aliphatic hydroxyl groups excluding tert-OH is 1. The van der Waals surface area contributed by atoms with Crippen molar-refractivity contribution in [2.45, 2.75) is 6.10 Å². The van der Waals surface area contributed by atoms with Crippen molar-refractivity contribution in [2.24, 2.45) is 5.73 Å². The summed E-state index contributed by atoms with van der Waals surface area (Å²) in [4.78, 5) is 0. The van der Waals surface area contributed by atoms with Crippen LogP contribution in [0.25, 0.3) is 0 Å². The highest BCUT2D eigenvalue weighted by atomic mass is 19.1. The molecule has 1 rings (SSSR count). The van der Waals surface area contributed by atoms with Gasteiger partial charge in [-0.3, -0.25) is 0 Å². The summed E-state index contributed by atoms with van der Waals surface area (Å²) in [6.07, 6.45) is -1.14. The van der Waals surface area contributed by atoms with Crippen LogP contribution >= 0.6 is 0 Å². The molecule has 1 aromatic carbocycles. The summed E-state index contributed by atoms with van der Waals surface area (Å²) in [6, 6.07) is 2.43. The number of benzene rings is 1. The van der Waals surface area contributed by atoms with Crippen LogP contribution in [0.2, 0.25) is 0 Å². The van der Waals surface area contributed by atoms with E-state index in [1.54, 1.807) is 0 Å². The van der Waals surface area contributed by atoms with Crippen LogP contribution in [0.3, 0.4) is 0 Å². The summed E-state index contributed by atoms with van der Waals surface area (Å²) < 4.78 is 18.0. The second-order valence-corrected chi connectivity index (χ2v) is 2.80. The summed E-state index contributed by atoms with van der Waals surface area (Å²) >= 11 is 0. The van der Waals surface area contributed by atoms with Crippen molar-refractivity contribution < 1.29 is 19.3 Å². The average molecular weight is 201 g/mol. The first-order chi connectivity index (χ1) is 6.60. The normalized spacial score (nSPS) is 12.6. The van der Waals surface area contributed by atoms with Gasteiger partial charge in [0.25, 0.3) is 0 Å². The van der Waals surface area contributed by atoms with Crippen molar-refractivity contribution in [2.75, 3.05) is 13.7 Å². The molecule has 5 heteroatoms. The Labute approximate surface area is 80.7 Å². The molecule has 0 heterocycles. The first kappa shape index (κ1) is 10.7. The summed E-state index contributed by atoms with van der Waals surface area (Å²) in [5.74, 6) is -1.16. The van der Waals surface area contributed by atoms with Gasteiger partial charge in [-0.25, -0.2) is 4.39 Å². The van der Waals surface area contributed by atoms with Gasteiger partial charge >= 0.3 is 0 Å². The highest BCUT2D eigenvalue weighted by Crippen LogP contribution is 2.29. The Balaban J connectivity index is 3.20. The lowest BCUT2D eigenvalue weighted by molar-refractivity contribution is 0.180. The van der Waals surface area contributed by atoms with Gasteiger partial charge in [0.1, 0.15) is 5.75 Å². The molecule has 1 unspecified atom stereocenters. The van der Waals surface area contributed by atoms with Crippen LogP contribution in [0.5, 0.6) is 11.5 Å². The number of hydrogen-bond acceptors (Lipinski definition) is 4.